The Bertz CT molecular complexity index is 311. The van der Waals surface area contributed by atoms with Crippen LogP contribution in [0.15, 0.2) is 0 Å². The van der Waals surface area contributed by atoms with Crippen LogP contribution in [-0.2, 0) is 19.1 Å². The highest BCUT2D eigenvalue weighted by atomic mass is 16.5. The fourth-order valence-electron chi connectivity index (χ4n) is 2.61. The van der Waals surface area contributed by atoms with Gasteiger partial charge in [0.05, 0.1) is 6.61 Å². The zero-order valence-electron chi connectivity index (χ0n) is 12.7. The van der Waals surface area contributed by atoms with E-state index in [0.717, 1.165) is 19.3 Å². The molecule has 0 radical (unpaired) electrons. The molecule has 116 valence electrons. The SMILES string of the molecule is CCOCCCC(=O)NC1(C(=O)OCC)CCCCC1. The summed E-state index contributed by atoms with van der Waals surface area (Å²) in [6.45, 7) is 5.31. The van der Waals surface area contributed by atoms with Crippen molar-refractivity contribution < 1.29 is 19.1 Å². The van der Waals surface area contributed by atoms with Crippen molar-refractivity contribution in [2.45, 2.75) is 64.3 Å². The van der Waals surface area contributed by atoms with Gasteiger partial charge in [0, 0.05) is 19.6 Å². The number of nitrogens with one attached hydrogen (secondary N) is 1. The summed E-state index contributed by atoms with van der Waals surface area (Å²) in [6, 6.07) is 0. The fourth-order valence-corrected chi connectivity index (χ4v) is 2.61. The minimum Gasteiger partial charge on any atom is -0.464 e. The lowest BCUT2D eigenvalue weighted by atomic mass is 9.81. The molecule has 1 rings (SSSR count). The molecule has 0 heterocycles. The van der Waals surface area contributed by atoms with Crippen molar-refractivity contribution in [1.29, 1.82) is 0 Å². The minimum atomic E-state index is -0.795. The van der Waals surface area contributed by atoms with Crippen LogP contribution in [0.2, 0.25) is 0 Å². The van der Waals surface area contributed by atoms with Crippen LogP contribution in [0.25, 0.3) is 0 Å². The van der Waals surface area contributed by atoms with E-state index in [1.165, 1.54) is 0 Å². The van der Waals surface area contributed by atoms with Crippen LogP contribution in [0.4, 0.5) is 0 Å². The Hall–Kier alpha value is -1.10. The number of carbonyl (C=O) groups is 2. The van der Waals surface area contributed by atoms with Gasteiger partial charge >= 0.3 is 5.97 Å². The number of hydrogen-bond donors (Lipinski definition) is 1. The number of carbonyl (C=O) groups excluding carboxylic acids is 2. The van der Waals surface area contributed by atoms with Crippen LogP contribution in [-0.4, -0.2) is 37.2 Å². The van der Waals surface area contributed by atoms with Gasteiger partial charge in [0.1, 0.15) is 5.54 Å². The predicted molar refractivity (Wildman–Crippen MR) is 76.3 cm³/mol. The van der Waals surface area contributed by atoms with E-state index >= 15 is 0 Å². The van der Waals surface area contributed by atoms with Crippen LogP contribution < -0.4 is 5.32 Å². The average Bonchev–Trinajstić information content (AvgIpc) is 2.45. The first-order valence-corrected chi connectivity index (χ1v) is 7.70. The van der Waals surface area contributed by atoms with Crippen molar-refractivity contribution in [2.75, 3.05) is 19.8 Å². The van der Waals surface area contributed by atoms with E-state index in [1.54, 1.807) is 6.92 Å². The summed E-state index contributed by atoms with van der Waals surface area (Å²) in [5.74, 6) is -0.363. The van der Waals surface area contributed by atoms with Crippen molar-refractivity contribution in [3.05, 3.63) is 0 Å². The molecule has 20 heavy (non-hydrogen) atoms. The quantitative estimate of drug-likeness (QED) is 0.548. The molecule has 0 aromatic carbocycles. The average molecular weight is 285 g/mol. The molecule has 1 N–H and O–H groups in total. The molecule has 1 saturated carbocycles. The van der Waals surface area contributed by atoms with Gasteiger partial charge in [-0.25, -0.2) is 4.79 Å². The number of esters is 1. The lowest BCUT2D eigenvalue weighted by molar-refractivity contribution is -0.155. The van der Waals surface area contributed by atoms with Gasteiger partial charge in [-0.05, 0) is 33.1 Å². The number of amides is 1. The van der Waals surface area contributed by atoms with Crippen LogP contribution in [0.5, 0.6) is 0 Å². The molecule has 1 aliphatic carbocycles. The highest BCUT2D eigenvalue weighted by molar-refractivity contribution is 5.88. The van der Waals surface area contributed by atoms with Crippen molar-refractivity contribution in [3.8, 4) is 0 Å². The molecule has 0 unspecified atom stereocenters. The minimum absolute atomic E-state index is 0.0837. The third-order valence-corrected chi connectivity index (χ3v) is 3.65. The summed E-state index contributed by atoms with van der Waals surface area (Å²) in [7, 11) is 0. The molecule has 0 spiro atoms. The molecule has 0 aromatic rings. The highest BCUT2D eigenvalue weighted by Crippen LogP contribution is 2.29. The van der Waals surface area contributed by atoms with E-state index < -0.39 is 5.54 Å². The topological polar surface area (TPSA) is 64.6 Å². The normalized spacial score (nSPS) is 17.5. The van der Waals surface area contributed by atoms with Gasteiger partial charge in [0.15, 0.2) is 0 Å². The Labute approximate surface area is 121 Å². The first-order valence-electron chi connectivity index (χ1n) is 7.70. The Morgan fingerprint density at radius 1 is 1.10 bits per heavy atom. The van der Waals surface area contributed by atoms with Gasteiger partial charge in [0.25, 0.3) is 0 Å². The first-order chi connectivity index (χ1) is 9.64. The van der Waals surface area contributed by atoms with E-state index in [-0.39, 0.29) is 11.9 Å². The summed E-state index contributed by atoms with van der Waals surface area (Å²) in [6.07, 6.45) is 5.46. The third kappa shape index (κ3) is 5.12. The maximum Gasteiger partial charge on any atom is 0.331 e. The van der Waals surface area contributed by atoms with E-state index in [0.29, 0.717) is 45.5 Å². The van der Waals surface area contributed by atoms with Crippen molar-refractivity contribution >= 4 is 11.9 Å². The monoisotopic (exact) mass is 285 g/mol. The van der Waals surface area contributed by atoms with Gasteiger partial charge in [0.2, 0.25) is 5.91 Å². The molecule has 1 fully saturated rings. The lowest BCUT2D eigenvalue weighted by Crippen LogP contribution is -2.56. The third-order valence-electron chi connectivity index (χ3n) is 3.65. The molecular formula is C15H27NO4. The summed E-state index contributed by atoms with van der Waals surface area (Å²) in [5.41, 5.74) is -0.795. The summed E-state index contributed by atoms with van der Waals surface area (Å²) >= 11 is 0. The molecule has 0 bridgehead atoms. The van der Waals surface area contributed by atoms with Gasteiger partial charge in [-0.2, -0.15) is 0 Å². The predicted octanol–water partition coefficient (Wildman–Crippen LogP) is 2.19. The Morgan fingerprint density at radius 3 is 2.40 bits per heavy atom. The molecule has 1 amide bonds. The van der Waals surface area contributed by atoms with Gasteiger partial charge in [-0.3, -0.25) is 4.79 Å². The summed E-state index contributed by atoms with van der Waals surface area (Å²) in [5, 5.41) is 2.92. The van der Waals surface area contributed by atoms with Crippen molar-refractivity contribution in [3.63, 3.8) is 0 Å². The molecule has 5 heteroatoms. The van der Waals surface area contributed by atoms with E-state index in [2.05, 4.69) is 5.32 Å². The second kappa shape index (κ2) is 8.95. The van der Waals surface area contributed by atoms with Gasteiger partial charge in [-0.1, -0.05) is 19.3 Å². The lowest BCUT2D eigenvalue weighted by Gasteiger charge is -2.35. The molecule has 1 aliphatic rings. The molecule has 0 saturated heterocycles. The molecular weight excluding hydrogens is 258 g/mol. The number of hydrogen-bond acceptors (Lipinski definition) is 4. The van der Waals surface area contributed by atoms with Gasteiger partial charge in [-0.15, -0.1) is 0 Å². The van der Waals surface area contributed by atoms with Gasteiger partial charge < -0.3 is 14.8 Å². The van der Waals surface area contributed by atoms with Crippen molar-refractivity contribution in [1.82, 2.24) is 5.32 Å². The fraction of sp³-hybridized carbons (Fsp3) is 0.867. The Balaban J connectivity index is 2.51. The molecule has 5 nitrogen and oxygen atoms in total. The van der Waals surface area contributed by atoms with Crippen molar-refractivity contribution in [2.24, 2.45) is 0 Å². The Morgan fingerprint density at radius 2 is 1.80 bits per heavy atom. The second-order valence-corrected chi connectivity index (χ2v) is 5.21. The van der Waals surface area contributed by atoms with Crippen LogP contribution in [0.3, 0.4) is 0 Å². The second-order valence-electron chi connectivity index (χ2n) is 5.21. The standard InChI is InChI=1S/C15H27NO4/c1-3-19-12-8-9-13(17)16-15(14(18)20-4-2)10-6-5-7-11-15/h3-12H2,1-2H3,(H,16,17). The zero-order chi connectivity index (χ0) is 14.8. The molecule has 0 aromatic heterocycles. The van der Waals surface area contributed by atoms with E-state index in [9.17, 15) is 9.59 Å². The maximum absolute atomic E-state index is 12.2. The Kier molecular flexibility index (Phi) is 7.59. The first kappa shape index (κ1) is 17.0. The number of rotatable bonds is 8. The largest absolute Gasteiger partial charge is 0.464 e. The number of ether oxygens (including phenoxy) is 2. The van der Waals surface area contributed by atoms with Crippen LogP contribution in [0.1, 0.15) is 58.8 Å². The van der Waals surface area contributed by atoms with Crippen LogP contribution >= 0.6 is 0 Å². The molecule has 0 aliphatic heterocycles. The summed E-state index contributed by atoms with van der Waals surface area (Å²) < 4.78 is 10.4. The smallest absolute Gasteiger partial charge is 0.331 e. The molecule has 0 atom stereocenters. The summed E-state index contributed by atoms with van der Waals surface area (Å²) in [4.78, 5) is 24.2. The van der Waals surface area contributed by atoms with E-state index in [1.807, 2.05) is 6.92 Å². The highest BCUT2D eigenvalue weighted by Gasteiger charge is 2.41. The van der Waals surface area contributed by atoms with E-state index in [4.69, 9.17) is 9.47 Å². The zero-order valence-corrected chi connectivity index (χ0v) is 12.7. The maximum atomic E-state index is 12.2. The van der Waals surface area contributed by atoms with Crippen LogP contribution in [0, 0.1) is 0 Å².